The van der Waals surface area contributed by atoms with Crippen LogP contribution in [-0.2, 0) is 10.2 Å². The summed E-state index contributed by atoms with van der Waals surface area (Å²) >= 11 is 12.7. The summed E-state index contributed by atoms with van der Waals surface area (Å²) in [5.41, 5.74) is 0.983. The molecule has 0 atom stereocenters. The molecule has 1 N–H and O–H groups in total. The van der Waals surface area contributed by atoms with Crippen LogP contribution in [0.25, 0.3) is 0 Å². The molecule has 0 bridgehead atoms. The smallest absolute Gasteiger partial charge is 0.139 e. The first-order valence-electron chi connectivity index (χ1n) is 7.24. The Labute approximate surface area is 137 Å². The van der Waals surface area contributed by atoms with Gasteiger partial charge in [-0.1, -0.05) is 37.0 Å². The summed E-state index contributed by atoms with van der Waals surface area (Å²) in [5, 5.41) is 4.66. The lowest BCUT2D eigenvalue weighted by Gasteiger charge is -2.27. The van der Waals surface area contributed by atoms with Gasteiger partial charge in [0.2, 0.25) is 0 Å². The molecule has 120 valence electrons. The molecule has 0 amide bonds. The third-order valence-electron chi connectivity index (χ3n) is 3.46. The van der Waals surface area contributed by atoms with E-state index >= 15 is 0 Å². The zero-order valence-corrected chi connectivity index (χ0v) is 14.8. The lowest BCUT2D eigenvalue weighted by Crippen LogP contribution is -2.27. The molecule has 0 radical (unpaired) electrons. The molecule has 21 heavy (non-hydrogen) atoms. The number of rotatable bonds is 9. The van der Waals surface area contributed by atoms with Crippen LogP contribution in [0.4, 0.5) is 0 Å². The van der Waals surface area contributed by atoms with E-state index in [0.717, 1.165) is 31.7 Å². The molecule has 0 saturated heterocycles. The van der Waals surface area contributed by atoms with Gasteiger partial charge in [-0.25, -0.2) is 0 Å². The maximum atomic E-state index is 6.41. The summed E-state index contributed by atoms with van der Waals surface area (Å²) in [6.45, 7) is 9.31. The van der Waals surface area contributed by atoms with Crippen molar-refractivity contribution >= 4 is 23.2 Å². The van der Waals surface area contributed by atoms with E-state index in [1.165, 1.54) is 0 Å². The standard InChI is InChI=1S/C16H25Cl2NO2/c1-5-21-15-11-13(17)12(10-14(15)18)16(2,3)6-7-19-8-9-20-4/h10-11,19H,5-9H2,1-4H3. The summed E-state index contributed by atoms with van der Waals surface area (Å²) in [5.74, 6) is 0.641. The van der Waals surface area contributed by atoms with E-state index in [0.29, 0.717) is 22.4 Å². The van der Waals surface area contributed by atoms with Gasteiger partial charge in [-0.2, -0.15) is 0 Å². The first-order valence-corrected chi connectivity index (χ1v) is 8.00. The highest BCUT2D eigenvalue weighted by atomic mass is 35.5. The van der Waals surface area contributed by atoms with Crippen LogP contribution >= 0.6 is 23.2 Å². The minimum absolute atomic E-state index is 0.0639. The molecule has 0 aliphatic carbocycles. The second-order valence-corrected chi connectivity index (χ2v) is 6.39. The van der Waals surface area contributed by atoms with Gasteiger partial charge in [-0.3, -0.25) is 0 Å². The fourth-order valence-corrected chi connectivity index (χ4v) is 2.78. The first kappa shape index (κ1) is 18.6. The number of hydrogen-bond donors (Lipinski definition) is 1. The maximum absolute atomic E-state index is 6.41. The molecule has 3 nitrogen and oxygen atoms in total. The molecule has 1 aromatic carbocycles. The number of methoxy groups -OCH3 is 1. The quantitative estimate of drug-likeness (QED) is 0.683. The van der Waals surface area contributed by atoms with Gasteiger partial charge < -0.3 is 14.8 Å². The van der Waals surface area contributed by atoms with E-state index in [1.54, 1.807) is 7.11 Å². The summed E-state index contributed by atoms with van der Waals surface area (Å²) in [6, 6.07) is 3.73. The zero-order chi connectivity index (χ0) is 15.9. The molecule has 1 aromatic rings. The molecule has 0 spiro atoms. The van der Waals surface area contributed by atoms with E-state index in [2.05, 4.69) is 19.2 Å². The highest BCUT2D eigenvalue weighted by molar-refractivity contribution is 6.34. The van der Waals surface area contributed by atoms with Crippen molar-refractivity contribution < 1.29 is 9.47 Å². The number of hydrogen-bond acceptors (Lipinski definition) is 3. The largest absolute Gasteiger partial charge is 0.492 e. The van der Waals surface area contributed by atoms with Crippen molar-refractivity contribution in [3.8, 4) is 5.75 Å². The highest BCUT2D eigenvalue weighted by Gasteiger charge is 2.24. The number of nitrogens with one attached hydrogen (secondary N) is 1. The van der Waals surface area contributed by atoms with Crippen LogP contribution in [0.1, 0.15) is 32.8 Å². The average molecular weight is 334 g/mol. The SMILES string of the molecule is CCOc1cc(Cl)c(C(C)(C)CCNCCOC)cc1Cl. The van der Waals surface area contributed by atoms with Crippen molar-refractivity contribution in [2.45, 2.75) is 32.6 Å². The Balaban J connectivity index is 2.75. The second-order valence-electron chi connectivity index (χ2n) is 5.57. The lowest BCUT2D eigenvalue weighted by atomic mass is 9.81. The number of halogens is 2. The zero-order valence-electron chi connectivity index (χ0n) is 13.3. The molecule has 0 unspecified atom stereocenters. The van der Waals surface area contributed by atoms with E-state index in [1.807, 2.05) is 19.1 Å². The van der Waals surface area contributed by atoms with Crippen LogP contribution < -0.4 is 10.1 Å². The molecule has 0 heterocycles. The Morgan fingerprint density at radius 3 is 2.48 bits per heavy atom. The van der Waals surface area contributed by atoms with Crippen molar-refractivity contribution in [1.82, 2.24) is 5.32 Å². The van der Waals surface area contributed by atoms with E-state index in [4.69, 9.17) is 32.7 Å². The monoisotopic (exact) mass is 333 g/mol. The fourth-order valence-electron chi connectivity index (χ4n) is 2.15. The van der Waals surface area contributed by atoms with Gasteiger partial charge >= 0.3 is 0 Å². The van der Waals surface area contributed by atoms with Gasteiger partial charge in [0.1, 0.15) is 5.75 Å². The number of benzene rings is 1. The minimum atomic E-state index is -0.0639. The Morgan fingerprint density at radius 2 is 1.86 bits per heavy atom. The summed E-state index contributed by atoms with van der Waals surface area (Å²) < 4.78 is 10.5. The lowest BCUT2D eigenvalue weighted by molar-refractivity contribution is 0.198. The second kappa shape index (κ2) is 8.84. The molecule has 5 heteroatoms. The van der Waals surface area contributed by atoms with E-state index < -0.39 is 0 Å². The van der Waals surface area contributed by atoms with Crippen LogP contribution in [0.15, 0.2) is 12.1 Å². The van der Waals surface area contributed by atoms with Gasteiger partial charge in [-0.05, 0) is 36.9 Å². The average Bonchev–Trinajstić information content (AvgIpc) is 2.42. The van der Waals surface area contributed by atoms with Gasteiger partial charge in [0.05, 0.1) is 18.2 Å². The van der Waals surface area contributed by atoms with Crippen molar-refractivity contribution in [3.05, 3.63) is 27.7 Å². The Bertz CT molecular complexity index is 450. The predicted octanol–water partition coefficient (Wildman–Crippen LogP) is 4.30. The molecule has 1 rings (SSSR count). The van der Waals surface area contributed by atoms with Gasteiger partial charge in [0.25, 0.3) is 0 Å². The van der Waals surface area contributed by atoms with Crippen LogP contribution in [0.2, 0.25) is 10.0 Å². The summed E-state index contributed by atoms with van der Waals surface area (Å²) in [4.78, 5) is 0. The summed E-state index contributed by atoms with van der Waals surface area (Å²) in [7, 11) is 1.70. The van der Waals surface area contributed by atoms with Crippen LogP contribution in [0.3, 0.4) is 0 Å². The fraction of sp³-hybridized carbons (Fsp3) is 0.625. The van der Waals surface area contributed by atoms with Crippen LogP contribution in [0.5, 0.6) is 5.75 Å². The molecular formula is C16H25Cl2NO2. The van der Waals surface area contributed by atoms with E-state index in [-0.39, 0.29) is 5.41 Å². The summed E-state index contributed by atoms with van der Waals surface area (Å²) in [6.07, 6.45) is 0.959. The van der Waals surface area contributed by atoms with Crippen molar-refractivity contribution in [3.63, 3.8) is 0 Å². The normalized spacial score (nSPS) is 11.7. The van der Waals surface area contributed by atoms with Crippen molar-refractivity contribution in [2.24, 2.45) is 0 Å². The van der Waals surface area contributed by atoms with Crippen molar-refractivity contribution in [1.29, 1.82) is 0 Å². The topological polar surface area (TPSA) is 30.5 Å². The highest BCUT2D eigenvalue weighted by Crippen LogP contribution is 2.38. The van der Waals surface area contributed by atoms with Gasteiger partial charge in [-0.15, -0.1) is 0 Å². The van der Waals surface area contributed by atoms with Crippen LogP contribution in [-0.4, -0.2) is 33.4 Å². The van der Waals surface area contributed by atoms with Crippen molar-refractivity contribution in [2.75, 3.05) is 33.4 Å². The predicted molar refractivity (Wildman–Crippen MR) is 90.0 cm³/mol. The van der Waals surface area contributed by atoms with E-state index in [9.17, 15) is 0 Å². The molecule has 0 aliphatic rings. The third-order valence-corrected chi connectivity index (χ3v) is 4.07. The molecule has 0 aromatic heterocycles. The maximum Gasteiger partial charge on any atom is 0.139 e. The Hall–Kier alpha value is -0.480. The molecule has 0 fully saturated rings. The van der Waals surface area contributed by atoms with Gasteiger partial charge in [0, 0.05) is 24.7 Å². The molecule has 0 saturated carbocycles. The molecule has 0 aliphatic heterocycles. The Kier molecular flexibility index (Phi) is 7.82. The molecular weight excluding hydrogens is 309 g/mol. The third kappa shape index (κ3) is 5.67. The minimum Gasteiger partial charge on any atom is -0.492 e. The number of ether oxygens (including phenoxy) is 2. The van der Waals surface area contributed by atoms with Crippen LogP contribution in [0, 0.1) is 0 Å². The Morgan fingerprint density at radius 1 is 1.14 bits per heavy atom. The first-order chi connectivity index (χ1) is 9.92. The van der Waals surface area contributed by atoms with Gasteiger partial charge in [0.15, 0.2) is 0 Å².